The molecule has 32 heavy (non-hydrogen) atoms. The summed E-state index contributed by atoms with van der Waals surface area (Å²) in [6, 6.07) is 7.34. The van der Waals surface area contributed by atoms with E-state index in [1.165, 1.54) is 11.3 Å². The van der Waals surface area contributed by atoms with Crippen LogP contribution in [-0.2, 0) is 20.0 Å². The average Bonchev–Trinajstić information content (AvgIpc) is 2.99. The Morgan fingerprint density at radius 1 is 1.25 bits per heavy atom. The topological polar surface area (TPSA) is 57.5 Å². The maximum absolute atomic E-state index is 13.9. The molecule has 1 aromatic heterocycles. The number of nitrogens with zero attached hydrogens (tertiary/aromatic N) is 4. The van der Waals surface area contributed by atoms with Gasteiger partial charge >= 0.3 is 0 Å². The van der Waals surface area contributed by atoms with Crippen molar-refractivity contribution in [2.24, 2.45) is 18.0 Å². The Morgan fingerprint density at radius 3 is 2.53 bits per heavy atom. The monoisotopic (exact) mass is 556 g/mol. The van der Waals surface area contributed by atoms with Gasteiger partial charge in [-0.2, -0.15) is 5.10 Å². The van der Waals surface area contributed by atoms with Gasteiger partial charge in [0.05, 0.1) is 5.69 Å². The van der Waals surface area contributed by atoms with Crippen molar-refractivity contribution in [1.82, 2.24) is 25.3 Å². The van der Waals surface area contributed by atoms with Crippen molar-refractivity contribution in [2.45, 2.75) is 52.6 Å². The molecule has 1 unspecified atom stereocenters. The lowest BCUT2D eigenvalue weighted by atomic mass is 9.96. The van der Waals surface area contributed by atoms with Crippen LogP contribution in [0.2, 0.25) is 0 Å². The van der Waals surface area contributed by atoms with Crippen LogP contribution in [0.25, 0.3) is 0 Å². The second-order valence-electron chi connectivity index (χ2n) is 8.79. The number of halogens is 2. The number of hydrogen-bond donors (Lipinski definition) is 2. The van der Waals surface area contributed by atoms with E-state index in [9.17, 15) is 4.39 Å². The van der Waals surface area contributed by atoms with Crippen molar-refractivity contribution >= 4 is 29.9 Å². The van der Waals surface area contributed by atoms with Gasteiger partial charge in [0.1, 0.15) is 5.82 Å². The zero-order valence-corrected chi connectivity index (χ0v) is 22.3. The first-order valence-electron chi connectivity index (χ1n) is 11.3. The van der Waals surface area contributed by atoms with Crippen LogP contribution in [0.5, 0.6) is 0 Å². The number of hydrogen-bond acceptors (Lipinski definition) is 3. The largest absolute Gasteiger partial charge is 0.356 e. The number of nitrogens with one attached hydrogen (secondary N) is 2. The van der Waals surface area contributed by atoms with Crippen LogP contribution >= 0.6 is 24.0 Å². The highest BCUT2D eigenvalue weighted by atomic mass is 127. The molecule has 2 aromatic rings. The van der Waals surface area contributed by atoms with Crippen molar-refractivity contribution < 1.29 is 4.39 Å². The molecule has 2 heterocycles. The Morgan fingerprint density at radius 2 is 1.94 bits per heavy atom. The molecule has 0 amide bonds. The summed E-state index contributed by atoms with van der Waals surface area (Å²) >= 11 is 0. The van der Waals surface area contributed by atoms with Gasteiger partial charge in [0, 0.05) is 44.5 Å². The van der Waals surface area contributed by atoms with E-state index >= 15 is 0 Å². The fraction of sp³-hybridized carbons (Fsp3) is 0.583. The molecule has 8 heteroatoms. The SMILES string of the molecule is CN=C(NCC1CCN(Cc2ccccc2F)CC1)NC(C)Cc1c(C)nn(C)c1C.I. The molecule has 6 nitrogen and oxygen atoms in total. The molecule has 0 bridgehead atoms. The molecule has 1 fully saturated rings. The van der Waals surface area contributed by atoms with E-state index in [1.54, 1.807) is 12.1 Å². The Balaban J connectivity index is 0.00000363. The molecule has 1 saturated heterocycles. The molecule has 0 spiro atoms. The van der Waals surface area contributed by atoms with Crippen molar-refractivity contribution in [3.8, 4) is 0 Å². The van der Waals surface area contributed by atoms with Crippen LogP contribution in [0.3, 0.4) is 0 Å². The van der Waals surface area contributed by atoms with Gasteiger partial charge in [-0.1, -0.05) is 18.2 Å². The van der Waals surface area contributed by atoms with E-state index in [4.69, 9.17) is 0 Å². The van der Waals surface area contributed by atoms with Crippen LogP contribution < -0.4 is 10.6 Å². The minimum absolute atomic E-state index is 0. The highest BCUT2D eigenvalue weighted by molar-refractivity contribution is 14.0. The van der Waals surface area contributed by atoms with E-state index in [-0.39, 0.29) is 35.8 Å². The Labute approximate surface area is 209 Å². The van der Waals surface area contributed by atoms with Gasteiger partial charge in [-0.05, 0) is 70.7 Å². The predicted molar refractivity (Wildman–Crippen MR) is 140 cm³/mol. The number of guanidine groups is 1. The fourth-order valence-electron chi connectivity index (χ4n) is 4.36. The number of benzene rings is 1. The summed E-state index contributed by atoms with van der Waals surface area (Å²) in [7, 11) is 3.81. The minimum atomic E-state index is -0.105. The Hall–Kier alpha value is -1.68. The van der Waals surface area contributed by atoms with E-state index in [2.05, 4.69) is 46.4 Å². The lowest BCUT2D eigenvalue weighted by Crippen LogP contribution is -2.46. The molecule has 2 N–H and O–H groups in total. The van der Waals surface area contributed by atoms with Crippen LogP contribution in [0.4, 0.5) is 4.39 Å². The highest BCUT2D eigenvalue weighted by Gasteiger charge is 2.21. The van der Waals surface area contributed by atoms with Gasteiger partial charge in [0.25, 0.3) is 0 Å². The fourth-order valence-corrected chi connectivity index (χ4v) is 4.36. The highest BCUT2D eigenvalue weighted by Crippen LogP contribution is 2.19. The zero-order valence-electron chi connectivity index (χ0n) is 20.0. The molecule has 1 atom stereocenters. The van der Waals surface area contributed by atoms with Gasteiger partial charge < -0.3 is 10.6 Å². The number of aliphatic imine (C=N–C) groups is 1. The maximum atomic E-state index is 13.9. The first kappa shape index (κ1) is 26.6. The third-order valence-electron chi connectivity index (χ3n) is 6.39. The summed E-state index contributed by atoms with van der Waals surface area (Å²) in [4.78, 5) is 6.76. The molecule has 1 aliphatic heterocycles. The minimum Gasteiger partial charge on any atom is -0.356 e. The summed E-state index contributed by atoms with van der Waals surface area (Å²) in [5.41, 5.74) is 4.41. The van der Waals surface area contributed by atoms with Gasteiger partial charge in [0.2, 0.25) is 0 Å². The normalized spacial score (nSPS) is 16.5. The van der Waals surface area contributed by atoms with Crippen molar-refractivity contribution in [1.29, 1.82) is 0 Å². The molecule has 3 rings (SSSR count). The molecule has 0 aliphatic carbocycles. The lowest BCUT2D eigenvalue weighted by Gasteiger charge is -2.32. The standard InChI is InChI=1S/C24H37FN6.HI/c1-17(14-22-18(2)29-30(5)19(22)3)28-24(26-4)27-15-20-10-12-31(13-11-20)16-21-8-6-7-9-23(21)25;/h6-9,17,20H,10-16H2,1-5H3,(H2,26,27,28);1H. The maximum Gasteiger partial charge on any atom is 0.191 e. The predicted octanol–water partition coefficient (Wildman–Crippen LogP) is 3.80. The van der Waals surface area contributed by atoms with Crippen molar-refractivity contribution in [2.75, 3.05) is 26.7 Å². The second-order valence-corrected chi connectivity index (χ2v) is 8.79. The van der Waals surface area contributed by atoms with Gasteiger partial charge in [-0.3, -0.25) is 14.6 Å². The molecule has 178 valence electrons. The summed E-state index contributed by atoms with van der Waals surface area (Å²) in [5, 5.41) is 11.5. The lowest BCUT2D eigenvalue weighted by molar-refractivity contribution is 0.176. The molecule has 1 aliphatic rings. The van der Waals surface area contributed by atoms with Crippen LogP contribution in [0.15, 0.2) is 29.3 Å². The van der Waals surface area contributed by atoms with Crippen molar-refractivity contribution in [3.05, 3.63) is 52.6 Å². The first-order valence-corrected chi connectivity index (χ1v) is 11.3. The summed E-state index contributed by atoms with van der Waals surface area (Å²) < 4.78 is 15.8. The molecule has 0 saturated carbocycles. The van der Waals surface area contributed by atoms with E-state index in [0.29, 0.717) is 12.5 Å². The van der Waals surface area contributed by atoms with E-state index in [0.717, 1.165) is 56.1 Å². The summed E-state index contributed by atoms with van der Waals surface area (Å²) in [6.45, 7) is 9.98. The van der Waals surface area contributed by atoms with Gasteiger partial charge in [-0.15, -0.1) is 24.0 Å². The van der Waals surface area contributed by atoms with Crippen LogP contribution in [0.1, 0.15) is 42.3 Å². The number of rotatable bonds is 7. The summed E-state index contributed by atoms with van der Waals surface area (Å²) in [5.74, 6) is 1.35. The quantitative estimate of drug-likeness (QED) is 0.310. The number of aromatic nitrogens is 2. The van der Waals surface area contributed by atoms with Crippen LogP contribution in [0, 0.1) is 25.6 Å². The number of piperidine rings is 1. The molecule has 1 aromatic carbocycles. The third-order valence-corrected chi connectivity index (χ3v) is 6.39. The summed E-state index contributed by atoms with van der Waals surface area (Å²) in [6.07, 6.45) is 3.14. The number of likely N-dealkylation sites (tertiary alicyclic amines) is 1. The van der Waals surface area contributed by atoms with Gasteiger partial charge in [0.15, 0.2) is 5.96 Å². The van der Waals surface area contributed by atoms with Gasteiger partial charge in [-0.25, -0.2) is 4.39 Å². The third kappa shape index (κ3) is 7.16. The second kappa shape index (κ2) is 12.5. The average molecular weight is 557 g/mol. The smallest absolute Gasteiger partial charge is 0.191 e. The van der Waals surface area contributed by atoms with E-state index < -0.39 is 0 Å². The molecular formula is C24H38FIN6. The van der Waals surface area contributed by atoms with Crippen molar-refractivity contribution in [3.63, 3.8) is 0 Å². The van der Waals surface area contributed by atoms with E-state index in [1.807, 2.05) is 30.9 Å². The number of aryl methyl sites for hydroxylation is 2. The Bertz CT molecular complexity index is 889. The molecular weight excluding hydrogens is 518 g/mol. The first-order chi connectivity index (χ1) is 14.9. The molecule has 0 radical (unpaired) electrons. The zero-order chi connectivity index (χ0) is 22.4. The van der Waals surface area contributed by atoms with Crippen LogP contribution in [-0.4, -0.2) is 53.4 Å². The Kier molecular flexibility index (Phi) is 10.4.